The van der Waals surface area contributed by atoms with Gasteiger partial charge in [0.15, 0.2) is 0 Å². The minimum Gasteiger partial charge on any atom is -0.352 e. The van der Waals surface area contributed by atoms with Gasteiger partial charge in [-0.1, -0.05) is 55.8 Å². The molecule has 178 valence electrons. The molecule has 4 aliphatic carbocycles. The Morgan fingerprint density at radius 2 is 1.76 bits per heavy atom. The van der Waals surface area contributed by atoms with Crippen LogP contribution in [-0.4, -0.2) is 29.0 Å². The van der Waals surface area contributed by atoms with Crippen LogP contribution in [0.1, 0.15) is 72.2 Å². The van der Waals surface area contributed by atoms with Gasteiger partial charge >= 0.3 is 0 Å². The van der Waals surface area contributed by atoms with E-state index in [4.69, 9.17) is 0 Å². The van der Waals surface area contributed by atoms with Crippen LogP contribution < -0.4 is 16.1 Å². The quantitative estimate of drug-likeness (QED) is 0.588. The number of nitrogens with one attached hydrogen (secondary N) is 2. The Morgan fingerprint density at radius 1 is 1.06 bits per heavy atom. The maximum atomic E-state index is 13.1. The second kappa shape index (κ2) is 8.90. The second-order valence-electron chi connectivity index (χ2n) is 10.6. The smallest absolute Gasteiger partial charge is 0.256 e. The third kappa shape index (κ3) is 4.46. The van der Waals surface area contributed by atoms with E-state index in [0.29, 0.717) is 24.4 Å². The highest BCUT2D eigenvalue weighted by Gasteiger charge is 2.50. The van der Waals surface area contributed by atoms with Gasteiger partial charge in [0, 0.05) is 31.5 Å². The highest BCUT2D eigenvalue weighted by Crippen LogP contribution is 2.59. The van der Waals surface area contributed by atoms with Crippen molar-refractivity contribution in [3.63, 3.8) is 0 Å². The van der Waals surface area contributed by atoms with Crippen molar-refractivity contribution in [3.05, 3.63) is 81.3 Å². The van der Waals surface area contributed by atoms with Gasteiger partial charge in [-0.3, -0.25) is 14.4 Å². The van der Waals surface area contributed by atoms with Gasteiger partial charge in [-0.15, -0.1) is 0 Å². The summed E-state index contributed by atoms with van der Waals surface area (Å²) in [5.74, 6) is 0.553. The molecule has 2 aromatic rings. The van der Waals surface area contributed by atoms with Crippen molar-refractivity contribution in [2.45, 2.75) is 58.5 Å². The number of fused-ring (bicyclic) bond motifs is 1. The van der Waals surface area contributed by atoms with Gasteiger partial charge in [-0.2, -0.15) is 0 Å². The zero-order valence-electron chi connectivity index (χ0n) is 20.0. The van der Waals surface area contributed by atoms with Crippen molar-refractivity contribution in [2.24, 2.45) is 17.3 Å². The van der Waals surface area contributed by atoms with Gasteiger partial charge in [-0.05, 0) is 54.9 Å². The molecular weight excluding hydrogens is 426 g/mol. The van der Waals surface area contributed by atoms with Gasteiger partial charge in [0.25, 0.3) is 11.8 Å². The van der Waals surface area contributed by atoms with E-state index < -0.39 is 17.2 Å². The minimum absolute atomic E-state index is 0.0149. The summed E-state index contributed by atoms with van der Waals surface area (Å²) in [5, 5.41) is 5.82. The van der Waals surface area contributed by atoms with Crippen LogP contribution in [0.5, 0.6) is 0 Å². The summed E-state index contributed by atoms with van der Waals surface area (Å²) < 4.78 is 1.76. The topological polar surface area (TPSA) is 80.2 Å². The number of allylic oxidation sites excluding steroid dienone is 1. The number of nitrogens with zero attached hydrogens (tertiary/aromatic N) is 1. The summed E-state index contributed by atoms with van der Waals surface area (Å²) in [6, 6.07) is 9.91. The first-order valence-corrected chi connectivity index (χ1v) is 12.4. The molecule has 0 unspecified atom stereocenters. The molecular formula is C28H33N3O3. The molecule has 1 aromatic carbocycles. The Morgan fingerprint density at radius 3 is 2.41 bits per heavy atom. The molecule has 6 rings (SSSR count). The van der Waals surface area contributed by atoms with Gasteiger partial charge < -0.3 is 15.2 Å². The fourth-order valence-corrected chi connectivity index (χ4v) is 5.50. The van der Waals surface area contributed by atoms with Crippen molar-refractivity contribution in [3.8, 4) is 0 Å². The van der Waals surface area contributed by atoms with E-state index in [1.165, 1.54) is 12.0 Å². The molecule has 34 heavy (non-hydrogen) atoms. The molecule has 6 heteroatoms. The predicted molar refractivity (Wildman–Crippen MR) is 132 cm³/mol. The zero-order valence-corrected chi connectivity index (χ0v) is 20.0. The lowest BCUT2D eigenvalue weighted by Gasteiger charge is -2.56. The molecule has 2 N–H and O–H groups in total. The van der Waals surface area contributed by atoms with Crippen LogP contribution in [0.3, 0.4) is 0 Å². The lowest BCUT2D eigenvalue weighted by atomic mass is 9.48. The van der Waals surface area contributed by atoms with E-state index >= 15 is 0 Å². The summed E-state index contributed by atoms with van der Waals surface area (Å²) in [5.41, 5.74) is 2.32. The average molecular weight is 460 g/mol. The van der Waals surface area contributed by atoms with Crippen molar-refractivity contribution in [2.75, 3.05) is 6.54 Å². The zero-order chi connectivity index (χ0) is 23.9. The molecule has 0 saturated heterocycles. The maximum absolute atomic E-state index is 13.1. The Hall–Kier alpha value is -3.15. The molecule has 0 spiro atoms. The maximum Gasteiger partial charge on any atom is 0.256 e. The van der Waals surface area contributed by atoms with Gasteiger partial charge in [0.2, 0.25) is 5.43 Å². The van der Waals surface area contributed by atoms with Crippen LogP contribution in [0.15, 0.2) is 59.2 Å². The van der Waals surface area contributed by atoms with Crippen LogP contribution in [0, 0.1) is 17.3 Å². The average Bonchev–Trinajstić information content (AvgIpc) is 3.64. The fraction of sp³-hybridized carbons (Fsp3) is 0.464. The molecule has 4 aliphatic rings. The number of amides is 2. The first-order chi connectivity index (χ1) is 16.3. The van der Waals surface area contributed by atoms with Crippen LogP contribution in [-0.2, 0) is 6.54 Å². The molecule has 0 aliphatic heterocycles. The first kappa shape index (κ1) is 22.6. The number of hydrogen-bond donors (Lipinski definition) is 2. The fourth-order valence-electron chi connectivity index (χ4n) is 5.50. The number of aromatic nitrogens is 1. The monoisotopic (exact) mass is 459 g/mol. The van der Waals surface area contributed by atoms with E-state index in [-0.39, 0.29) is 17.2 Å². The molecule has 0 radical (unpaired) electrons. The van der Waals surface area contributed by atoms with Crippen LogP contribution in [0.2, 0.25) is 0 Å². The number of benzene rings is 1. The van der Waals surface area contributed by atoms with E-state index in [1.54, 1.807) is 17.0 Å². The molecule has 1 aromatic heterocycles. The Kier molecular flexibility index (Phi) is 5.92. The predicted octanol–water partition coefficient (Wildman–Crippen LogP) is 3.90. The van der Waals surface area contributed by atoms with Crippen molar-refractivity contribution in [1.82, 2.24) is 15.2 Å². The van der Waals surface area contributed by atoms with E-state index in [0.717, 1.165) is 37.2 Å². The number of carbonyl (C=O) groups excluding carboxylic acids is 2. The molecule has 2 bridgehead atoms. The van der Waals surface area contributed by atoms with Gasteiger partial charge in [0.1, 0.15) is 11.1 Å². The molecule has 2 atom stereocenters. The Bertz CT molecular complexity index is 1190. The highest BCUT2D eigenvalue weighted by atomic mass is 16.2. The van der Waals surface area contributed by atoms with Crippen LogP contribution >= 0.6 is 0 Å². The van der Waals surface area contributed by atoms with Gasteiger partial charge in [-0.25, -0.2) is 0 Å². The van der Waals surface area contributed by atoms with Gasteiger partial charge in [0.05, 0.1) is 0 Å². The lowest BCUT2D eigenvalue weighted by Crippen LogP contribution is -2.48. The number of rotatable bonds is 8. The largest absolute Gasteiger partial charge is 0.352 e. The normalized spacial score (nSPS) is 22.4. The van der Waals surface area contributed by atoms with E-state index in [9.17, 15) is 14.4 Å². The van der Waals surface area contributed by atoms with Crippen molar-refractivity contribution < 1.29 is 9.59 Å². The third-order valence-corrected chi connectivity index (χ3v) is 7.97. The van der Waals surface area contributed by atoms with Crippen LogP contribution in [0.4, 0.5) is 0 Å². The summed E-state index contributed by atoms with van der Waals surface area (Å²) in [4.78, 5) is 38.9. The molecule has 2 fully saturated rings. The Balaban J connectivity index is 1.33. The first-order valence-electron chi connectivity index (χ1n) is 12.4. The van der Waals surface area contributed by atoms with Crippen LogP contribution in [0.25, 0.3) is 0 Å². The molecule has 1 heterocycles. The second-order valence-corrected chi connectivity index (χ2v) is 10.6. The highest BCUT2D eigenvalue weighted by molar-refractivity contribution is 5.99. The molecule has 2 saturated carbocycles. The van der Waals surface area contributed by atoms with E-state index in [2.05, 4.69) is 30.6 Å². The molecule has 6 nitrogen and oxygen atoms in total. The Labute approximate surface area is 200 Å². The number of pyridine rings is 1. The molecule has 2 amide bonds. The SMILES string of the molecule is CC1(C)[C@H]2CC=C(CCNC(=O)c3cn(Cc4ccccc4)cc(C(=O)NC4CC4)c3=O)[C@@H]1C2. The summed E-state index contributed by atoms with van der Waals surface area (Å²) in [6.07, 6.45) is 10.5. The van der Waals surface area contributed by atoms with E-state index in [1.807, 2.05) is 30.3 Å². The number of carbonyl (C=O) groups is 2. The summed E-state index contributed by atoms with van der Waals surface area (Å²) in [7, 11) is 0. The third-order valence-electron chi connectivity index (χ3n) is 7.97. The standard InChI is InChI=1S/C28H33N3O3/c1-28(2)20-9-8-19(24(28)14-20)12-13-29-26(33)22-16-31(15-18-6-4-3-5-7-18)17-23(25(22)32)27(34)30-21-10-11-21/h3-8,16-17,20-21,24H,9-15H2,1-2H3,(H,29,33)(H,30,34)/t20-,24-/m0/s1. The van der Waals surface area contributed by atoms with Crippen molar-refractivity contribution in [1.29, 1.82) is 0 Å². The summed E-state index contributed by atoms with van der Waals surface area (Å²) >= 11 is 0. The van der Waals surface area contributed by atoms with Crippen molar-refractivity contribution >= 4 is 11.8 Å². The summed E-state index contributed by atoms with van der Waals surface area (Å²) in [6.45, 7) is 5.63. The lowest BCUT2D eigenvalue weighted by molar-refractivity contribution is -0.00811. The minimum atomic E-state index is -0.514. The number of hydrogen-bond acceptors (Lipinski definition) is 3.